The van der Waals surface area contributed by atoms with Crippen molar-refractivity contribution < 1.29 is 8.42 Å². The Hall–Kier alpha value is -1.13. The van der Waals surface area contributed by atoms with Crippen molar-refractivity contribution in [3.05, 3.63) is 34.2 Å². The summed E-state index contributed by atoms with van der Waals surface area (Å²) in [6.07, 6.45) is 1.76. The van der Waals surface area contributed by atoms with Crippen LogP contribution >= 0.6 is 0 Å². The van der Waals surface area contributed by atoms with Gasteiger partial charge in [0.15, 0.2) is 0 Å². The molecule has 0 amide bonds. The van der Waals surface area contributed by atoms with Crippen molar-refractivity contribution in [3.8, 4) is 0 Å². The Balaban J connectivity index is 2.48. The normalized spacial score (nSPS) is 17.0. The number of fused-ring (bicyclic) bond motifs is 1. The van der Waals surface area contributed by atoms with E-state index in [0.717, 1.165) is 17.7 Å². The van der Waals surface area contributed by atoms with Crippen molar-refractivity contribution in [3.63, 3.8) is 0 Å². The van der Waals surface area contributed by atoms with Gasteiger partial charge in [0.2, 0.25) is 9.84 Å². The van der Waals surface area contributed by atoms with Gasteiger partial charge in [-0.25, -0.2) is 8.42 Å². The van der Waals surface area contributed by atoms with Crippen LogP contribution in [0.25, 0.3) is 6.08 Å². The summed E-state index contributed by atoms with van der Waals surface area (Å²) >= 11 is 0. The minimum atomic E-state index is -3.25. The summed E-state index contributed by atoms with van der Waals surface area (Å²) in [7, 11) is -3.25. The molecule has 0 aromatic heterocycles. The molecular formula is C12H15NO2S. The van der Waals surface area contributed by atoms with Gasteiger partial charge >= 0.3 is 0 Å². The van der Waals surface area contributed by atoms with E-state index < -0.39 is 9.84 Å². The molecule has 1 heterocycles. The Labute approximate surface area is 96.1 Å². The lowest BCUT2D eigenvalue weighted by atomic mass is 10.1. The molecule has 1 aliphatic heterocycles. The first-order valence-corrected chi connectivity index (χ1v) is 6.81. The average Bonchev–Trinajstić information content (AvgIpc) is 2.48. The molecule has 1 aromatic carbocycles. The number of sulfone groups is 1. The Morgan fingerprint density at radius 3 is 2.69 bits per heavy atom. The topological polar surface area (TPSA) is 46.2 Å². The summed E-state index contributed by atoms with van der Waals surface area (Å²) in [5.41, 5.74) is 1.63. The third kappa shape index (κ3) is 1.68. The summed E-state index contributed by atoms with van der Waals surface area (Å²) < 4.78 is 24.4. The van der Waals surface area contributed by atoms with Crippen molar-refractivity contribution in [1.29, 1.82) is 0 Å². The maximum absolute atomic E-state index is 12.2. The van der Waals surface area contributed by atoms with Crippen LogP contribution < -0.4 is 5.32 Å². The van der Waals surface area contributed by atoms with E-state index in [-0.39, 0.29) is 0 Å². The minimum Gasteiger partial charge on any atom is -0.312 e. The second-order valence-electron chi connectivity index (χ2n) is 3.89. The Kier molecular flexibility index (Phi) is 2.86. The Morgan fingerprint density at radius 1 is 1.31 bits per heavy atom. The highest BCUT2D eigenvalue weighted by Gasteiger charge is 2.30. The second kappa shape index (κ2) is 4.03. The summed E-state index contributed by atoms with van der Waals surface area (Å²) in [4.78, 5) is 0.946. The van der Waals surface area contributed by atoms with Gasteiger partial charge in [0.05, 0.1) is 9.80 Å². The van der Waals surface area contributed by atoms with Crippen molar-refractivity contribution in [2.45, 2.75) is 18.7 Å². The number of hydrogen-bond donors (Lipinski definition) is 1. The molecular weight excluding hydrogens is 222 g/mol. The summed E-state index contributed by atoms with van der Waals surface area (Å²) in [6.45, 7) is 4.97. The lowest BCUT2D eigenvalue weighted by Crippen LogP contribution is -2.19. The molecule has 3 nitrogen and oxygen atoms in total. The second-order valence-corrected chi connectivity index (χ2v) is 5.83. The maximum atomic E-state index is 12.2. The number of nitrogens with one attached hydrogen (secondary N) is 1. The third-order valence-electron chi connectivity index (χ3n) is 2.72. The highest BCUT2D eigenvalue weighted by Crippen LogP contribution is 2.34. The highest BCUT2D eigenvalue weighted by atomic mass is 32.2. The highest BCUT2D eigenvalue weighted by molar-refractivity contribution is 7.96. The molecule has 0 aliphatic carbocycles. The van der Waals surface area contributed by atoms with E-state index in [9.17, 15) is 8.42 Å². The van der Waals surface area contributed by atoms with Gasteiger partial charge in [-0.1, -0.05) is 25.1 Å². The van der Waals surface area contributed by atoms with Crippen LogP contribution in [-0.2, 0) is 9.84 Å². The minimum absolute atomic E-state index is 0.410. The summed E-state index contributed by atoms with van der Waals surface area (Å²) in [5, 5.41) is 3.05. The van der Waals surface area contributed by atoms with Crippen LogP contribution in [-0.4, -0.2) is 21.5 Å². The molecule has 0 fully saturated rings. The number of hydrogen-bond acceptors (Lipinski definition) is 3. The van der Waals surface area contributed by atoms with Gasteiger partial charge in [0.1, 0.15) is 0 Å². The zero-order chi connectivity index (χ0) is 11.8. The summed E-state index contributed by atoms with van der Waals surface area (Å²) in [5.74, 6) is 0. The van der Waals surface area contributed by atoms with E-state index in [2.05, 4.69) is 5.32 Å². The molecule has 0 spiro atoms. The molecule has 0 atom stereocenters. The van der Waals surface area contributed by atoms with Crippen LogP contribution in [0.15, 0.2) is 28.0 Å². The molecule has 0 saturated carbocycles. The van der Waals surface area contributed by atoms with E-state index in [0.29, 0.717) is 16.3 Å². The average molecular weight is 237 g/mol. The lowest BCUT2D eigenvalue weighted by Gasteiger charge is -2.06. The number of benzene rings is 1. The van der Waals surface area contributed by atoms with E-state index >= 15 is 0 Å². The van der Waals surface area contributed by atoms with E-state index in [4.69, 9.17) is 0 Å². The number of likely N-dealkylation sites (N-methyl/N-ethyl adjacent to an activating group) is 1. The molecule has 2 rings (SSSR count). The van der Waals surface area contributed by atoms with Crippen LogP contribution in [0.3, 0.4) is 0 Å². The zero-order valence-electron chi connectivity index (χ0n) is 9.45. The Morgan fingerprint density at radius 2 is 2.06 bits per heavy atom. The number of rotatable bonds is 3. The van der Waals surface area contributed by atoms with Crippen LogP contribution in [0.4, 0.5) is 0 Å². The summed E-state index contributed by atoms with van der Waals surface area (Å²) in [6, 6.07) is 5.57. The predicted octanol–water partition coefficient (Wildman–Crippen LogP) is 1.73. The fourth-order valence-corrected chi connectivity index (χ4v) is 3.70. The van der Waals surface area contributed by atoms with Crippen LogP contribution in [0.1, 0.15) is 18.1 Å². The van der Waals surface area contributed by atoms with Crippen LogP contribution in [0.2, 0.25) is 0 Å². The fraction of sp³-hybridized carbons (Fsp3) is 0.333. The first kappa shape index (κ1) is 11.4. The van der Waals surface area contributed by atoms with E-state index in [1.54, 1.807) is 6.08 Å². The lowest BCUT2D eigenvalue weighted by molar-refractivity contribution is 0.600. The molecule has 86 valence electrons. The van der Waals surface area contributed by atoms with Crippen molar-refractivity contribution in [2.24, 2.45) is 0 Å². The molecule has 0 unspecified atom stereocenters. The molecule has 1 aliphatic rings. The molecule has 0 radical (unpaired) electrons. The predicted molar refractivity (Wildman–Crippen MR) is 64.9 cm³/mol. The van der Waals surface area contributed by atoms with Crippen molar-refractivity contribution >= 4 is 15.9 Å². The van der Waals surface area contributed by atoms with Gasteiger partial charge in [0.25, 0.3) is 0 Å². The zero-order valence-corrected chi connectivity index (χ0v) is 10.3. The fourth-order valence-electron chi connectivity index (χ4n) is 1.93. The first-order valence-electron chi connectivity index (χ1n) is 5.33. The standard InChI is InChI=1S/C12H15NO2S/c1-3-13-8-11-7-10-6-4-5-9(2)12(10)16(11,14)15/h4-7,13H,3,8H2,1-2H3. The van der Waals surface area contributed by atoms with Gasteiger partial charge in [-0.15, -0.1) is 0 Å². The maximum Gasteiger partial charge on any atom is 0.204 e. The van der Waals surface area contributed by atoms with Gasteiger partial charge in [-0.3, -0.25) is 0 Å². The van der Waals surface area contributed by atoms with Crippen molar-refractivity contribution in [1.82, 2.24) is 5.32 Å². The molecule has 0 saturated heterocycles. The molecule has 0 bridgehead atoms. The van der Waals surface area contributed by atoms with Crippen molar-refractivity contribution in [2.75, 3.05) is 13.1 Å². The SMILES string of the molecule is CCNCC1=Cc2cccc(C)c2S1(=O)=O. The molecule has 16 heavy (non-hydrogen) atoms. The molecule has 1 aromatic rings. The largest absolute Gasteiger partial charge is 0.312 e. The smallest absolute Gasteiger partial charge is 0.204 e. The van der Waals surface area contributed by atoms with Gasteiger partial charge in [0, 0.05) is 6.54 Å². The van der Waals surface area contributed by atoms with Gasteiger partial charge < -0.3 is 5.32 Å². The van der Waals surface area contributed by atoms with Gasteiger partial charge in [-0.2, -0.15) is 0 Å². The monoisotopic (exact) mass is 237 g/mol. The molecule has 1 N–H and O–H groups in total. The third-order valence-corrected chi connectivity index (χ3v) is 4.77. The van der Waals surface area contributed by atoms with E-state index in [1.165, 1.54) is 0 Å². The van der Waals surface area contributed by atoms with E-state index in [1.807, 2.05) is 32.0 Å². The first-order chi connectivity index (χ1) is 7.57. The van der Waals surface area contributed by atoms with Gasteiger partial charge in [-0.05, 0) is 30.7 Å². The van der Waals surface area contributed by atoms with Crippen LogP contribution in [0.5, 0.6) is 0 Å². The number of aryl methyl sites for hydroxylation is 1. The quantitative estimate of drug-likeness (QED) is 0.871. The molecule has 4 heteroatoms. The van der Waals surface area contributed by atoms with Crippen LogP contribution in [0, 0.1) is 6.92 Å². The Bertz CT molecular complexity index is 544.